The summed E-state index contributed by atoms with van der Waals surface area (Å²) in [6, 6.07) is 10.2. The van der Waals surface area contributed by atoms with Crippen molar-refractivity contribution in [1.29, 1.82) is 0 Å². The lowest BCUT2D eigenvalue weighted by molar-refractivity contribution is 0.122. The van der Waals surface area contributed by atoms with Gasteiger partial charge < -0.3 is 9.64 Å². The maximum Gasteiger partial charge on any atom is 0.132 e. The first kappa shape index (κ1) is 11.7. The Morgan fingerprint density at radius 1 is 1.17 bits per heavy atom. The zero-order chi connectivity index (χ0) is 12.4. The molecule has 0 bridgehead atoms. The molecule has 0 saturated carbocycles. The molecule has 18 heavy (non-hydrogen) atoms. The maximum atomic E-state index is 5.38. The van der Waals surface area contributed by atoms with Gasteiger partial charge in [-0.3, -0.25) is 0 Å². The summed E-state index contributed by atoms with van der Waals surface area (Å²) in [5.74, 6) is 1.12. The van der Waals surface area contributed by atoms with Crippen molar-refractivity contribution in [3.8, 4) is 5.69 Å². The summed E-state index contributed by atoms with van der Waals surface area (Å²) in [5.41, 5.74) is 1.07. The Labute approximate surface area is 114 Å². The van der Waals surface area contributed by atoms with E-state index >= 15 is 0 Å². The van der Waals surface area contributed by atoms with Crippen LogP contribution in [0.15, 0.2) is 41.0 Å². The number of benzene rings is 1. The third kappa shape index (κ3) is 2.28. The van der Waals surface area contributed by atoms with Gasteiger partial charge in [0.1, 0.15) is 5.82 Å². The Hall–Kier alpha value is -1.33. The highest BCUT2D eigenvalue weighted by Gasteiger charge is 2.15. The number of ether oxygens (including phenoxy) is 1. The molecule has 1 aliphatic rings. The van der Waals surface area contributed by atoms with Gasteiger partial charge >= 0.3 is 0 Å². The molecule has 2 aromatic rings. The smallest absolute Gasteiger partial charge is 0.132 e. The third-order valence-electron chi connectivity index (χ3n) is 3.01. The molecule has 5 heteroatoms. The number of hydrogen-bond acceptors (Lipinski definition) is 3. The molecule has 94 valence electrons. The van der Waals surface area contributed by atoms with E-state index in [1.54, 1.807) is 0 Å². The Balaban J connectivity index is 1.95. The van der Waals surface area contributed by atoms with Crippen molar-refractivity contribution in [2.45, 2.75) is 0 Å². The van der Waals surface area contributed by atoms with Crippen molar-refractivity contribution in [2.24, 2.45) is 0 Å². The van der Waals surface area contributed by atoms with Crippen LogP contribution in [-0.2, 0) is 4.74 Å². The summed E-state index contributed by atoms with van der Waals surface area (Å²) < 4.78 is 8.41. The van der Waals surface area contributed by atoms with Gasteiger partial charge in [0, 0.05) is 23.6 Å². The highest BCUT2D eigenvalue weighted by Crippen LogP contribution is 2.22. The van der Waals surface area contributed by atoms with E-state index in [1.807, 2.05) is 29.1 Å². The van der Waals surface area contributed by atoms with Gasteiger partial charge in [0.25, 0.3) is 0 Å². The van der Waals surface area contributed by atoms with E-state index in [4.69, 9.17) is 4.74 Å². The molecule has 0 N–H and O–H groups in total. The van der Waals surface area contributed by atoms with Crippen molar-refractivity contribution >= 4 is 21.7 Å². The van der Waals surface area contributed by atoms with Gasteiger partial charge in [-0.05, 0) is 18.2 Å². The second-order valence-electron chi connectivity index (χ2n) is 4.18. The zero-order valence-electron chi connectivity index (χ0n) is 9.92. The second kappa shape index (κ2) is 5.12. The minimum atomic E-state index is 0.781. The molecule has 1 fully saturated rings. The fourth-order valence-corrected chi connectivity index (χ4v) is 2.52. The summed E-state index contributed by atoms with van der Waals surface area (Å²) in [6.45, 7) is 3.40. The lowest BCUT2D eigenvalue weighted by Crippen LogP contribution is -2.37. The predicted octanol–water partition coefficient (Wildman–Crippen LogP) is 2.47. The SMILES string of the molecule is Brc1cccc(-n2nccc2N2CCOCC2)c1. The van der Waals surface area contributed by atoms with Crippen LogP contribution >= 0.6 is 15.9 Å². The fourth-order valence-electron chi connectivity index (χ4n) is 2.14. The van der Waals surface area contributed by atoms with Crippen LogP contribution in [0.25, 0.3) is 5.69 Å². The fraction of sp³-hybridized carbons (Fsp3) is 0.308. The Morgan fingerprint density at radius 2 is 2.00 bits per heavy atom. The van der Waals surface area contributed by atoms with Gasteiger partial charge in [0.2, 0.25) is 0 Å². The number of aromatic nitrogens is 2. The second-order valence-corrected chi connectivity index (χ2v) is 5.10. The molecule has 0 atom stereocenters. The molecule has 0 unspecified atom stereocenters. The molecule has 0 aliphatic carbocycles. The van der Waals surface area contributed by atoms with Gasteiger partial charge in [0.05, 0.1) is 25.1 Å². The molecule has 0 spiro atoms. The minimum absolute atomic E-state index is 0.781. The highest BCUT2D eigenvalue weighted by atomic mass is 79.9. The molecule has 1 aliphatic heterocycles. The van der Waals surface area contributed by atoms with Crippen molar-refractivity contribution in [3.05, 3.63) is 41.0 Å². The normalized spacial score (nSPS) is 15.9. The van der Waals surface area contributed by atoms with Gasteiger partial charge in [-0.1, -0.05) is 22.0 Å². The van der Waals surface area contributed by atoms with E-state index in [2.05, 4.69) is 38.1 Å². The van der Waals surface area contributed by atoms with Crippen LogP contribution < -0.4 is 4.90 Å². The third-order valence-corrected chi connectivity index (χ3v) is 3.50. The van der Waals surface area contributed by atoms with Crippen LogP contribution in [0.3, 0.4) is 0 Å². The van der Waals surface area contributed by atoms with Crippen molar-refractivity contribution < 1.29 is 4.74 Å². The van der Waals surface area contributed by atoms with E-state index in [9.17, 15) is 0 Å². The van der Waals surface area contributed by atoms with E-state index < -0.39 is 0 Å². The number of nitrogens with zero attached hydrogens (tertiary/aromatic N) is 3. The first-order chi connectivity index (χ1) is 8.84. The minimum Gasteiger partial charge on any atom is -0.378 e. The lowest BCUT2D eigenvalue weighted by atomic mass is 10.3. The highest BCUT2D eigenvalue weighted by molar-refractivity contribution is 9.10. The molecule has 1 aromatic heterocycles. The monoisotopic (exact) mass is 307 g/mol. The quantitative estimate of drug-likeness (QED) is 0.854. The van der Waals surface area contributed by atoms with Crippen LogP contribution in [0.2, 0.25) is 0 Å². The summed E-state index contributed by atoms with van der Waals surface area (Å²) in [6.07, 6.45) is 1.84. The van der Waals surface area contributed by atoms with E-state index in [-0.39, 0.29) is 0 Å². The number of anilines is 1. The molecule has 3 rings (SSSR count). The van der Waals surface area contributed by atoms with Crippen LogP contribution in [0.5, 0.6) is 0 Å². The van der Waals surface area contributed by atoms with Gasteiger partial charge in [-0.15, -0.1) is 0 Å². The van der Waals surface area contributed by atoms with Crippen molar-refractivity contribution in [2.75, 3.05) is 31.2 Å². The molecule has 1 saturated heterocycles. The Bertz CT molecular complexity index is 535. The maximum absolute atomic E-state index is 5.38. The topological polar surface area (TPSA) is 30.3 Å². The van der Waals surface area contributed by atoms with Gasteiger partial charge in [-0.25, -0.2) is 4.68 Å². The molecular weight excluding hydrogens is 294 g/mol. The van der Waals surface area contributed by atoms with E-state index in [1.165, 1.54) is 0 Å². The largest absolute Gasteiger partial charge is 0.378 e. The molecule has 1 aromatic carbocycles. The number of morpholine rings is 1. The average molecular weight is 308 g/mol. The predicted molar refractivity (Wildman–Crippen MR) is 74.3 cm³/mol. The first-order valence-corrected chi connectivity index (χ1v) is 6.76. The summed E-state index contributed by atoms with van der Waals surface area (Å²) in [5, 5.41) is 4.42. The summed E-state index contributed by atoms with van der Waals surface area (Å²) in [4.78, 5) is 2.30. The van der Waals surface area contributed by atoms with Crippen molar-refractivity contribution in [1.82, 2.24) is 9.78 Å². The number of halogens is 1. The zero-order valence-corrected chi connectivity index (χ0v) is 11.5. The lowest BCUT2D eigenvalue weighted by Gasteiger charge is -2.28. The summed E-state index contributed by atoms with van der Waals surface area (Å²) >= 11 is 3.49. The standard InChI is InChI=1S/C13H14BrN3O/c14-11-2-1-3-12(10-11)17-13(4-5-15-17)16-6-8-18-9-7-16/h1-5,10H,6-9H2. The van der Waals surface area contributed by atoms with Crippen LogP contribution in [0.1, 0.15) is 0 Å². The summed E-state index contributed by atoms with van der Waals surface area (Å²) in [7, 11) is 0. The molecule has 0 amide bonds. The van der Waals surface area contributed by atoms with E-state index in [0.29, 0.717) is 0 Å². The molecule has 4 nitrogen and oxygen atoms in total. The van der Waals surface area contributed by atoms with Crippen molar-refractivity contribution in [3.63, 3.8) is 0 Å². The average Bonchev–Trinajstić information content (AvgIpc) is 2.89. The van der Waals surface area contributed by atoms with Gasteiger partial charge in [-0.2, -0.15) is 5.10 Å². The Kier molecular flexibility index (Phi) is 3.34. The molecule has 0 radical (unpaired) electrons. The molecular formula is C13H14BrN3O. The Morgan fingerprint density at radius 3 is 2.78 bits per heavy atom. The van der Waals surface area contributed by atoms with Crippen LogP contribution in [0.4, 0.5) is 5.82 Å². The van der Waals surface area contributed by atoms with Crippen LogP contribution in [-0.4, -0.2) is 36.1 Å². The first-order valence-electron chi connectivity index (χ1n) is 5.97. The number of hydrogen-bond donors (Lipinski definition) is 0. The number of rotatable bonds is 2. The molecule has 2 heterocycles. The van der Waals surface area contributed by atoms with E-state index in [0.717, 1.165) is 42.3 Å². The van der Waals surface area contributed by atoms with Gasteiger partial charge in [0.15, 0.2) is 0 Å². The van der Waals surface area contributed by atoms with Crippen LogP contribution in [0, 0.1) is 0 Å².